The second-order valence-corrected chi connectivity index (χ2v) is 6.95. The van der Waals surface area contributed by atoms with Crippen LogP contribution < -0.4 is 5.32 Å². The van der Waals surface area contributed by atoms with Crippen LogP contribution in [0.4, 0.5) is 4.79 Å². The van der Waals surface area contributed by atoms with Crippen LogP contribution >= 0.6 is 11.8 Å². The van der Waals surface area contributed by atoms with Crippen LogP contribution in [0, 0.1) is 6.92 Å². The molecule has 1 aromatic heterocycles. The molecule has 0 aliphatic carbocycles. The van der Waals surface area contributed by atoms with Gasteiger partial charge >= 0.3 is 0 Å². The van der Waals surface area contributed by atoms with Crippen molar-refractivity contribution in [3.63, 3.8) is 0 Å². The summed E-state index contributed by atoms with van der Waals surface area (Å²) in [5, 5.41) is 3.07. The Labute approximate surface area is 149 Å². The van der Waals surface area contributed by atoms with E-state index in [2.05, 4.69) is 41.1 Å². The molecule has 1 aliphatic rings. The van der Waals surface area contributed by atoms with Crippen molar-refractivity contribution >= 4 is 39.9 Å². The fourth-order valence-corrected chi connectivity index (χ4v) is 3.83. The molecule has 2 amide bonds. The predicted molar refractivity (Wildman–Crippen MR) is 101 cm³/mol. The van der Waals surface area contributed by atoms with E-state index in [-0.39, 0.29) is 11.1 Å². The summed E-state index contributed by atoms with van der Waals surface area (Å²) in [6.07, 6.45) is 1.82. The van der Waals surface area contributed by atoms with Gasteiger partial charge in [-0.3, -0.25) is 14.9 Å². The molecule has 4 rings (SSSR count). The van der Waals surface area contributed by atoms with Crippen LogP contribution in [-0.4, -0.2) is 15.7 Å². The lowest BCUT2D eigenvalue weighted by atomic mass is 10.1. The van der Waals surface area contributed by atoms with Crippen molar-refractivity contribution < 1.29 is 9.59 Å². The van der Waals surface area contributed by atoms with Gasteiger partial charge in [-0.2, -0.15) is 0 Å². The number of fused-ring (bicyclic) bond motifs is 1. The minimum absolute atomic E-state index is 0.318. The zero-order chi connectivity index (χ0) is 17.4. The van der Waals surface area contributed by atoms with Gasteiger partial charge < -0.3 is 4.57 Å². The molecule has 2 aromatic carbocycles. The number of para-hydroxylation sites is 1. The van der Waals surface area contributed by atoms with Gasteiger partial charge in [0.05, 0.1) is 4.91 Å². The molecule has 1 saturated heterocycles. The van der Waals surface area contributed by atoms with Crippen molar-refractivity contribution in [3.05, 3.63) is 76.3 Å². The maximum Gasteiger partial charge on any atom is 0.290 e. The lowest BCUT2D eigenvalue weighted by Gasteiger charge is -2.08. The number of aromatic nitrogens is 1. The van der Waals surface area contributed by atoms with Crippen molar-refractivity contribution in [2.45, 2.75) is 13.5 Å². The van der Waals surface area contributed by atoms with Crippen LogP contribution in [0.15, 0.2) is 59.5 Å². The molecule has 0 radical (unpaired) electrons. The van der Waals surface area contributed by atoms with Gasteiger partial charge in [-0.25, -0.2) is 0 Å². The highest BCUT2D eigenvalue weighted by molar-refractivity contribution is 8.18. The molecule has 0 spiro atoms. The Balaban J connectivity index is 1.86. The highest BCUT2D eigenvalue weighted by Crippen LogP contribution is 2.32. The van der Waals surface area contributed by atoms with Crippen molar-refractivity contribution in [2.24, 2.45) is 0 Å². The lowest BCUT2D eigenvalue weighted by Crippen LogP contribution is -2.17. The molecule has 1 fully saturated rings. The maximum absolute atomic E-state index is 11.9. The largest absolute Gasteiger partial charge is 0.340 e. The van der Waals surface area contributed by atoms with E-state index >= 15 is 0 Å². The SMILES string of the molecule is Cc1c(/C=C2/SC(=O)NC2=O)c2ccccc2n1Cc1ccccc1. The maximum atomic E-state index is 11.9. The summed E-state index contributed by atoms with van der Waals surface area (Å²) in [5.74, 6) is -0.325. The van der Waals surface area contributed by atoms with E-state index in [1.807, 2.05) is 36.4 Å². The van der Waals surface area contributed by atoms with Crippen LogP contribution in [0.25, 0.3) is 17.0 Å². The van der Waals surface area contributed by atoms with Crippen LogP contribution in [0.5, 0.6) is 0 Å². The summed E-state index contributed by atoms with van der Waals surface area (Å²) in [5.41, 5.74) is 4.39. The topological polar surface area (TPSA) is 51.1 Å². The molecule has 124 valence electrons. The summed E-state index contributed by atoms with van der Waals surface area (Å²) >= 11 is 0.951. The molecular weight excluding hydrogens is 332 g/mol. The van der Waals surface area contributed by atoms with Gasteiger partial charge in [0.25, 0.3) is 11.1 Å². The minimum atomic E-state index is -0.325. The average molecular weight is 348 g/mol. The molecule has 3 aromatic rings. The normalized spacial score (nSPS) is 16.0. The standard InChI is InChI=1S/C20H16N2O2S/c1-13-16(11-18-19(23)21-20(24)25-18)15-9-5-6-10-17(15)22(13)12-14-7-3-2-4-8-14/h2-11H,12H2,1H3,(H,21,23,24)/b18-11+. The molecule has 1 N–H and O–H groups in total. The van der Waals surface area contributed by atoms with E-state index in [9.17, 15) is 9.59 Å². The van der Waals surface area contributed by atoms with Crippen LogP contribution in [0.3, 0.4) is 0 Å². The molecule has 0 bridgehead atoms. The van der Waals surface area contributed by atoms with E-state index in [0.29, 0.717) is 4.91 Å². The molecule has 0 saturated carbocycles. The lowest BCUT2D eigenvalue weighted by molar-refractivity contribution is -0.115. The molecule has 1 aliphatic heterocycles. The summed E-state index contributed by atoms with van der Waals surface area (Å²) in [6.45, 7) is 2.81. The second-order valence-electron chi connectivity index (χ2n) is 5.94. The number of nitrogens with one attached hydrogen (secondary N) is 1. The molecule has 0 atom stereocenters. The van der Waals surface area contributed by atoms with Crippen LogP contribution in [-0.2, 0) is 11.3 Å². The number of carbonyl (C=O) groups excluding carboxylic acids is 2. The molecule has 4 nitrogen and oxygen atoms in total. The molecule has 5 heteroatoms. The van der Waals surface area contributed by atoms with Gasteiger partial charge in [0.2, 0.25) is 0 Å². The molecule has 2 heterocycles. The Kier molecular flexibility index (Phi) is 3.93. The van der Waals surface area contributed by atoms with Gasteiger partial charge in [-0.1, -0.05) is 48.5 Å². The third-order valence-corrected chi connectivity index (χ3v) is 5.19. The van der Waals surface area contributed by atoms with Gasteiger partial charge in [-0.15, -0.1) is 0 Å². The van der Waals surface area contributed by atoms with Crippen LogP contribution in [0.2, 0.25) is 0 Å². The Morgan fingerprint density at radius 1 is 1.04 bits per heavy atom. The first-order valence-electron chi connectivity index (χ1n) is 8.00. The van der Waals surface area contributed by atoms with E-state index in [0.717, 1.165) is 40.5 Å². The Hall–Kier alpha value is -2.79. The number of hydrogen-bond acceptors (Lipinski definition) is 3. The first-order chi connectivity index (χ1) is 12.1. The number of rotatable bonds is 3. The van der Waals surface area contributed by atoms with Crippen molar-refractivity contribution in [1.82, 2.24) is 9.88 Å². The van der Waals surface area contributed by atoms with Crippen molar-refractivity contribution in [1.29, 1.82) is 0 Å². The first-order valence-corrected chi connectivity index (χ1v) is 8.82. The van der Waals surface area contributed by atoms with Gasteiger partial charge in [-0.05, 0) is 36.4 Å². The zero-order valence-electron chi connectivity index (χ0n) is 13.7. The summed E-state index contributed by atoms with van der Waals surface area (Å²) in [7, 11) is 0. The van der Waals surface area contributed by atoms with E-state index in [4.69, 9.17) is 0 Å². The number of benzene rings is 2. The zero-order valence-corrected chi connectivity index (χ0v) is 14.5. The molecule has 25 heavy (non-hydrogen) atoms. The van der Waals surface area contributed by atoms with E-state index in [1.54, 1.807) is 0 Å². The van der Waals surface area contributed by atoms with E-state index in [1.165, 1.54) is 5.56 Å². The quantitative estimate of drug-likeness (QED) is 0.717. The number of hydrogen-bond donors (Lipinski definition) is 1. The van der Waals surface area contributed by atoms with E-state index < -0.39 is 0 Å². The smallest absolute Gasteiger partial charge is 0.290 e. The van der Waals surface area contributed by atoms with Gasteiger partial charge in [0, 0.05) is 28.7 Å². The Morgan fingerprint density at radius 3 is 2.48 bits per heavy atom. The highest BCUT2D eigenvalue weighted by atomic mass is 32.2. The molecular formula is C20H16N2O2S. The number of carbonyl (C=O) groups is 2. The van der Waals surface area contributed by atoms with Gasteiger partial charge in [0.15, 0.2) is 0 Å². The monoisotopic (exact) mass is 348 g/mol. The number of thioether (sulfide) groups is 1. The highest BCUT2D eigenvalue weighted by Gasteiger charge is 2.26. The van der Waals surface area contributed by atoms with Gasteiger partial charge in [0.1, 0.15) is 0 Å². The third kappa shape index (κ3) is 2.87. The summed E-state index contributed by atoms with van der Waals surface area (Å²) in [6, 6.07) is 18.4. The summed E-state index contributed by atoms with van der Waals surface area (Å²) in [4.78, 5) is 23.8. The summed E-state index contributed by atoms with van der Waals surface area (Å²) < 4.78 is 2.25. The first kappa shape index (κ1) is 15.7. The Bertz CT molecular complexity index is 1020. The Morgan fingerprint density at radius 2 is 1.76 bits per heavy atom. The molecule has 0 unspecified atom stereocenters. The average Bonchev–Trinajstić information content (AvgIpc) is 3.07. The second kappa shape index (κ2) is 6.26. The fraction of sp³-hybridized carbons (Fsp3) is 0.100. The minimum Gasteiger partial charge on any atom is -0.340 e. The van der Waals surface area contributed by atoms with Crippen LogP contribution in [0.1, 0.15) is 16.8 Å². The third-order valence-electron chi connectivity index (χ3n) is 4.38. The fourth-order valence-electron chi connectivity index (χ4n) is 3.16. The van der Waals surface area contributed by atoms with Crippen molar-refractivity contribution in [3.8, 4) is 0 Å². The number of imide groups is 1. The van der Waals surface area contributed by atoms with Crippen molar-refractivity contribution in [2.75, 3.05) is 0 Å². The predicted octanol–water partition coefficient (Wildman–Crippen LogP) is 4.32. The number of nitrogens with zero attached hydrogens (tertiary/aromatic N) is 1. The number of amides is 2.